The molecule has 0 N–H and O–H groups in total. The SMILES string of the molecule is C#CCOc1c(I)cc(/C=C2\SC(=O)N(CCCC)C2=O)cc1OCC. The first-order chi connectivity index (χ1) is 12.5. The normalized spacial score (nSPS) is 15.5. The van der Waals surface area contributed by atoms with Gasteiger partial charge in [-0.3, -0.25) is 14.5 Å². The van der Waals surface area contributed by atoms with Crippen LogP contribution < -0.4 is 9.47 Å². The summed E-state index contributed by atoms with van der Waals surface area (Å²) in [5.74, 6) is 3.34. The van der Waals surface area contributed by atoms with E-state index >= 15 is 0 Å². The van der Waals surface area contributed by atoms with Gasteiger partial charge in [-0.15, -0.1) is 6.42 Å². The number of benzene rings is 1. The van der Waals surface area contributed by atoms with Gasteiger partial charge in [0.05, 0.1) is 15.1 Å². The third-order valence-corrected chi connectivity index (χ3v) is 5.25. The van der Waals surface area contributed by atoms with Crippen molar-refractivity contribution in [1.82, 2.24) is 4.90 Å². The van der Waals surface area contributed by atoms with Gasteiger partial charge in [0.1, 0.15) is 6.61 Å². The minimum atomic E-state index is -0.242. The number of carbonyl (C=O) groups is 2. The van der Waals surface area contributed by atoms with Crippen LogP contribution in [0.4, 0.5) is 4.79 Å². The molecule has 1 aliphatic heterocycles. The van der Waals surface area contributed by atoms with E-state index in [-0.39, 0.29) is 17.8 Å². The van der Waals surface area contributed by atoms with Gasteiger partial charge in [0.25, 0.3) is 11.1 Å². The molecule has 2 rings (SSSR count). The van der Waals surface area contributed by atoms with Gasteiger partial charge in [-0.2, -0.15) is 0 Å². The molecule has 0 unspecified atom stereocenters. The third kappa shape index (κ3) is 4.95. The summed E-state index contributed by atoms with van der Waals surface area (Å²) in [6.07, 6.45) is 8.71. The number of imide groups is 1. The second kappa shape index (κ2) is 9.88. The number of unbranched alkanes of at least 4 members (excludes halogenated alkanes) is 1. The highest BCUT2D eigenvalue weighted by Gasteiger charge is 2.34. The molecule has 1 heterocycles. The molecular formula is C19H20INO4S. The molecule has 1 aromatic rings. The van der Waals surface area contributed by atoms with Crippen molar-refractivity contribution in [1.29, 1.82) is 0 Å². The van der Waals surface area contributed by atoms with Crippen LogP contribution in [0.15, 0.2) is 17.0 Å². The van der Waals surface area contributed by atoms with Crippen molar-refractivity contribution in [3.63, 3.8) is 0 Å². The molecule has 0 radical (unpaired) electrons. The van der Waals surface area contributed by atoms with Crippen molar-refractivity contribution in [3.8, 4) is 23.8 Å². The van der Waals surface area contributed by atoms with Gasteiger partial charge in [0.15, 0.2) is 11.5 Å². The first-order valence-corrected chi connectivity index (χ1v) is 10.2. The average Bonchev–Trinajstić information content (AvgIpc) is 2.86. The number of thioether (sulfide) groups is 1. The number of hydrogen-bond acceptors (Lipinski definition) is 5. The minimum absolute atomic E-state index is 0.145. The number of rotatable bonds is 8. The summed E-state index contributed by atoms with van der Waals surface area (Å²) in [6.45, 7) is 4.98. The molecule has 0 spiro atoms. The molecule has 0 atom stereocenters. The number of halogens is 1. The lowest BCUT2D eigenvalue weighted by Crippen LogP contribution is -2.29. The molecule has 1 fully saturated rings. The summed E-state index contributed by atoms with van der Waals surface area (Å²) in [4.78, 5) is 26.3. The molecule has 2 amide bonds. The number of ether oxygens (including phenoxy) is 2. The van der Waals surface area contributed by atoms with Crippen LogP contribution in [0, 0.1) is 15.9 Å². The summed E-state index contributed by atoms with van der Waals surface area (Å²) in [7, 11) is 0. The van der Waals surface area contributed by atoms with Gasteiger partial charge < -0.3 is 9.47 Å². The highest BCUT2D eigenvalue weighted by Crippen LogP contribution is 2.37. The smallest absolute Gasteiger partial charge is 0.293 e. The van der Waals surface area contributed by atoms with E-state index in [1.54, 1.807) is 12.1 Å². The molecule has 1 aliphatic rings. The quantitative estimate of drug-likeness (QED) is 0.308. The zero-order chi connectivity index (χ0) is 19.1. The summed E-state index contributed by atoms with van der Waals surface area (Å²) in [5, 5.41) is -0.219. The Labute approximate surface area is 171 Å². The maximum atomic E-state index is 12.5. The van der Waals surface area contributed by atoms with Crippen LogP contribution in [0.5, 0.6) is 11.5 Å². The van der Waals surface area contributed by atoms with E-state index in [0.717, 1.165) is 33.7 Å². The first kappa shape index (κ1) is 20.6. The highest BCUT2D eigenvalue weighted by molar-refractivity contribution is 14.1. The van der Waals surface area contributed by atoms with Gasteiger partial charge in [0, 0.05) is 6.54 Å². The van der Waals surface area contributed by atoms with Crippen LogP contribution in [0.25, 0.3) is 6.08 Å². The summed E-state index contributed by atoms with van der Waals surface area (Å²) in [5.41, 5.74) is 0.770. The maximum absolute atomic E-state index is 12.5. The van der Waals surface area contributed by atoms with Crippen molar-refractivity contribution >= 4 is 51.6 Å². The van der Waals surface area contributed by atoms with Gasteiger partial charge in [-0.25, -0.2) is 0 Å². The lowest BCUT2D eigenvalue weighted by Gasteiger charge is -2.13. The Hall–Kier alpha value is -1.66. The van der Waals surface area contributed by atoms with Crippen LogP contribution in [0.1, 0.15) is 32.3 Å². The fourth-order valence-corrected chi connectivity index (χ4v) is 3.99. The number of hydrogen-bond donors (Lipinski definition) is 0. The summed E-state index contributed by atoms with van der Waals surface area (Å²) in [6, 6.07) is 3.66. The van der Waals surface area contributed by atoms with Crippen LogP contribution >= 0.6 is 34.4 Å². The van der Waals surface area contributed by atoms with Crippen molar-refractivity contribution < 1.29 is 19.1 Å². The fraction of sp³-hybridized carbons (Fsp3) is 0.368. The lowest BCUT2D eigenvalue weighted by atomic mass is 10.2. The first-order valence-electron chi connectivity index (χ1n) is 8.29. The van der Waals surface area contributed by atoms with E-state index in [0.29, 0.717) is 29.6 Å². The predicted molar refractivity (Wildman–Crippen MR) is 112 cm³/mol. The van der Waals surface area contributed by atoms with Crippen LogP contribution in [0.2, 0.25) is 0 Å². The summed E-state index contributed by atoms with van der Waals surface area (Å²) < 4.78 is 12.0. The largest absolute Gasteiger partial charge is 0.490 e. The molecule has 0 aliphatic carbocycles. The topological polar surface area (TPSA) is 55.8 Å². The second-order valence-electron chi connectivity index (χ2n) is 5.44. The number of nitrogens with zero attached hydrogens (tertiary/aromatic N) is 1. The van der Waals surface area contributed by atoms with E-state index in [1.165, 1.54) is 4.90 Å². The molecule has 0 aromatic heterocycles. The van der Waals surface area contributed by atoms with Crippen molar-refractivity contribution in [2.24, 2.45) is 0 Å². The number of terminal acetylenes is 1. The zero-order valence-electron chi connectivity index (χ0n) is 14.7. The van der Waals surface area contributed by atoms with E-state index in [4.69, 9.17) is 15.9 Å². The number of amides is 2. The lowest BCUT2D eigenvalue weighted by molar-refractivity contribution is -0.122. The Morgan fingerprint density at radius 1 is 1.31 bits per heavy atom. The van der Waals surface area contributed by atoms with E-state index in [9.17, 15) is 9.59 Å². The van der Waals surface area contributed by atoms with Gasteiger partial charge in [0.2, 0.25) is 0 Å². The zero-order valence-corrected chi connectivity index (χ0v) is 17.7. The molecule has 7 heteroatoms. The van der Waals surface area contributed by atoms with Crippen LogP contribution in [0.3, 0.4) is 0 Å². The van der Waals surface area contributed by atoms with E-state index in [1.807, 2.05) is 19.9 Å². The average molecular weight is 485 g/mol. The van der Waals surface area contributed by atoms with Crippen LogP contribution in [-0.2, 0) is 4.79 Å². The monoisotopic (exact) mass is 485 g/mol. The minimum Gasteiger partial charge on any atom is -0.490 e. The van der Waals surface area contributed by atoms with E-state index in [2.05, 4.69) is 28.5 Å². The standard InChI is InChI=1S/C19H20INO4S/c1-4-7-8-21-18(22)16(26-19(21)23)12-13-10-14(20)17(25-9-5-2)15(11-13)24-6-3/h2,10-12H,4,6-9H2,1,3H3/b16-12-. The Bertz CT molecular complexity index is 770. The van der Waals surface area contributed by atoms with Crippen molar-refractivity contribution in [2.75, 3.05) is 19.8 Å². The Kier molecular flexibility index (Phi) is 7.85. The Balaban J connectivity index is 2.31. The van der Waals surface area contributed by atoms with Crippen molar-refractivity contribution in [3.05, 3.63) is 26.2 Å². The molecular weight excluding hydrogens is 465 g/mol. The molecule has 1 aromatic carbocycles. The molecule has 0 saturated carbocycles. The number of carbonyl (C=O) groups excluding carboxylic acids is 2. The van der Waals surface area contributed by atoms with E-state index < -0.39 is 0 Å². The molecule has 138 valence electrons. The molecule has 5 nitrogen and oxygen atoms in total. The Morgan fingerprint density at radius 2 is 2.08 bits per heavy atom. The second-order valence-corrected chi connectivity index (χ2v) is 7.60. The maximum Gasteiger partial charge on any atom is 0.293 e. The third-order valence-electron chi connectivity index (χ3n) is 3.54. The van der Waals surface area contributed by atoms with Crippen LogP contribution in [-0.4, -0.2) is 35.8 Å². The summed E-state index contributed by atoms with van der Waals surface area (Å²) >= 11 is 3.11. The van der Waals surface area contributed by atoms with Gasteiger partial charge in [-0.05, 0) is 71.5 Å². The van der Waals surface area contributed by atoms with Crippen molar-refractivity contribution in [2.45, 2.75) is 26.7 Å². The molecule has 1 saturated heterocycles. The molecule has 0 bridgehead atoms. The fourth-order valence-electron chi connectivity index (χ4n) is 2.35. The van der Waals surface area contributed by atoms with Gasteiger partial charge >= 0.3 is 0 Å². The molecule has 26 heavy (non-hydrogen) atoms. The predicted octanol–water partition coefficient (Wildman–Crippen LogP) is 4.54. The van der Waals surface area contributed by atoms with Gasteiger partial charge in [-0.1, -0.05) is 19.3 Å². The highest BCUT2D eigenvalue weighted by atomic mass is 127. The Morgan fingerprint density at radius 3 is 2.73 bits per heavy atom.